The van der Waals surface area contributed by atoms with Crippen LogP contribution in [-0.4, -0.2) is 16.5 Å². The van der Waals surface area contributed by atoms with E-state index in [9.17, 15) is 4.39 Å². The van der Waals surface area contributed by atoms with Gasteiger partial charge in [-0.05, 0) is 46.8 Å². The molecule has 0 bridgehead atoms. The summed E-state index contributed by atoms with van der Waals surface area (Å²) in [6.45, 7) is 0.697. The van der Waals surface area contributed by atoms with Gasteiger partial charge >= 0.3 is 0 Å². The van der Waals surface area contributed by atoms with Gasteiger partial charge < -0.3 is 10.7 Å². The van der Waals surface area contributed by atoms with Gasteiger partial charge in [-0.2, -0.15) is 0 Å². The highest BCUT2D eigenvalue weighted by molar-refractivity contribution is 9.10. The second-order valence-corrected chi connectivity index (χ2v) is 6.06. The van der Waals surface area contributed by atoms with E-state index in [1.54, 1.807) is 6.07 Å². The highest BCUT2D eigenvalue weighted by Crippen LogP contribution is 2.42. The molecule has 0 amide bonds. The third-order valence-electron chi connectivity index (χ3n) is 3.96. The van der Waals surface area contributed by atoms with Gasteiger partial charge in [0.2, 0.25) is 0 Å². The third kappa shape index (κ3) is 1.95. The van der Waals surface area contributed by atoms with Crippen LogP contribution in [-0.2, 0) is 6.42 Å². The van der Waals surface area contributed by atoms with Crippen molar-refractivity contribution in [3.05, 3.63) is 28.2 Å². The maximum absolute atomic E-state index is 13.4. The lowest BCUT2D eigenvalue weighted by atomic mass is 9.66. The lowest BCUT2D eigenvalue weighted by Crippen LogP contribution is -2.39. The molecule has 0 atom stereocenters. The average Bonchev–Trinajstić information content (AvgIpc) is 2.66. The summed E-state index contributed by atoms with van der Waals surface area (Å²) < 4.78 is 13.9. The number of fused-ring (bicyclic) bond motifs is 1. The molecule has 1 aromatic heterocycles. The van der Waals surface area contributed by atoms with Crippen LogP contribution in [0, 0.1) is 11.2 Å². The van der Waals surface area contributed by atoms with Crippen LogP contribution in [0.4, 0.5) is 4.39 Å². The first-order valence-corrected chi connectivity index (χ1v) is 6.95. The Bertz CT molecular complexity index is 545. The van der Waals surface area contributed by atoms with Crippen molar-refractivity contribution >= 4 is 27.0 Å². The van der Waals surface area contributed by atoms with Crippen LogP contribution in [0.25, 0.3) is 11.0 Å². The van der Waals surface area contributed by atoms with Crippen molar-refractivity contribution in [1.82, 2.24) is 9.97 Å². The SMILES string of the molecule is NCC1(Cc2nc3cc(Br)c(F)cc3[nH]2)CCC1. The Morgan fingerprint density at radius 3 is 2.83 bits per heavy atom. The summed E-state index contributed by atoms with van der Waals surface area (Å²) >= 11 is 3.18. The predicted octanol–water partition coefficient (Wildman–Crippen LogP) is 3.14. The Morgan fingerprint density at radius 1 is 1.44 bits per heavy atom. The summed E-state index contributed by atoms with van der Waals surface area (Å²) in [5, 5.41) is 0. The van der Waals surface area contributed by atoms with E-state index in [0.29, 0.717) is 11.0 Å². The number of aromatic nitrogens is 2. The zero-order chi connectivity index (χ0) is 12.8. The van der Waals surface area contributed by atoms with Gasteiger partial charge in [-0.3, -0.25) is 0 Å². The van der Waals surface area contributed by atoms with Gasteiger partial charge in [-0.25, -0.2) is 9.37 Å². The molecule has 1 aliphatic rings. The first-order chi connectivity index (χ1) is 8.62. The lowest BCUT2D eigenvalue weighted by molar-refractivity contribution is 0.142. The normalized spacial score (nSPS) is 17.9. The summed E-state index contributed by atoms with van der Waals surface area (Å²) in [6, 6.07) is 3.19. The fourth-order valence-corrected chi connectivity index (χ4v) is 2.96. The molecule has 1 fully saturated rings. The Kier molecular flexibility index (Phi) is 2.90. The van der Waals surface area contributed by atoms with Crippen LogP contribution >= 0.6 is 15.9 Å². The molecular formula is C13H15BrFN3. The van der Waals surface area contributed by atoms with Gasteiger partial charge in [0.25, 0.3) is 0 Å². The number of hydrogen-bond donors (Lipinski definition) is 2. The van der Waals surface area contributed by atoms with Crippen molar-refractivity contribution in [1.29, 1.82) is 0 Å². The molecule has 0 unspecified atom stereocenters. The Balaban J connectivity index is 1.93. The molecule has 18 heavy (non-hydrogen) atoms. The number of benzene rings is 1. The number of nitrogens with one attached hydrogen (secondary N) is 1. The van der Waals surface area contributed by atoms with Gasteiger partial charge in [-0.1, -0.05) is 6.42 Å². The molecule has 0 aliphatic heterocycles. The molecule has 1 saturated carbocycles. The average molecular weight is 312 g/mol. The van der Waals surface area contributed by atoms with Gasteiger partial charge in [-0.15, -0.1) is 0 Å². The largest absolute Gasteiger partial charge is 0.342 e. The Morgan fingerprint density at radius 2 is 2.22 bits per heavy atom. The van der Waals surface area contributed by atoms with Crippen LogP contribution < -0.4 is 5.73 Å². The van der Waals surface area contributed by atoms with Gasteiger partial charge in [0.1, 0.15) is 11.6 Å². The molecule has 1 aliphatic carbocycles. The zero-order valence-corrected chi connectivity index (χ0v) is 11.6. The van der Waals surface area contributed by atoms with Crippen molar-refractivity contribution in [2.45, 2.75) is 25.7 Å². The zero-order valence-electron chi connectivity index (χ0n) is 9.97. The van der Waals surface area contributed by atoms with E-state index in [4.69, 9.17) is 5.73 Å². The summed E-state index contributed by atoms with van der Waals surface area (Å²) in [5.74, 6) is 0.641. The molecule has 0 radical (unpaired) electrons. The number of nitrogens with zero attached hydrogens (tertiary/aromatic N) is 1. The fraction of sp³-hybridized carbons (Fsp3) is 0.462. The summed E-state index contributed by atoms with van der Waals surface area (Å²) in [4.78, 5) is 7.72. The number of halogens is 2. The van der Waals surface area contributed by atoms with Crippen molar-refractivity contribution < 1.29 is 4.39 Å². The molecule has 1 aromatic carbocycles. The highest BCUT2D eigenvalue weighted by Gasteiger charge is 2.36. The minimum absolute atomic E-state index is 0.212. The summed E-state index contributed by atoms with van der Waals surface area (Å²) in [5.41, 5.74) is 7.61. The number of imidazole rings is 1. The minimum atomic E-state index is -0.269. The van der Waals surface area contributed by atoms with E-state index in [1.807, 2.05) is 0 Å². The molecule has 2 aromatic rings. The first kappa shape index (κ1) is 12.1. The molecule has 0 saturated heterocycles. The van der Waals surface area contributed by atoms with Crippen molar-refractivity contribution in [2.75, 3.05) is 6.54 Å². The Labute approximate surface area is 113 Å². The standard InChI is InChI=1S/C13H15BrFN3/c14-8-4-10-11(5-9(8)15)18-12(17-10)6-13(7-16)2-1-3-13/h4-5H,1-3,6-7,16H2,(H,17,18). The van der Waals surface area contributed by atoms with Crippen LogP contribution in [0.5, 0.6) is 0 Å². The van der Waals surface area contributed by atoms with Crippen LogP contribution in [0.15, 0.2) is 16.6 Å². The predicted molar refractivity (Wildman–Crippen MR) is 72.8 cm³/mol. The summed E-state index contributed by atoms with van der Waals surface area (Å²) in [7, 11) is 0. The molecule has 3 nitrogen and oxygen atoms in total. The van der Waals surface area contributed by atoms with Crippen LogP contribution in [0.2, 0.25) is 0 Å². The van der Waals surface area contributed by atoms with Gasteiger partial charge in [0.15, 0.2) is 0 Å². The van der Waals surface area contributed by atoms with Gasteiger partial charge in [0.05, 0.1) is 15.5 Å². The molecule has 0 spiro atoms. The van der Waals surface area contributed by atoms with E-state index < -0.39 is 0 Å². The molecule has 1 heterocycles. The number of H-pyrrole nitrogens is 1. The van der Waals surface area contributed by atoms with Crippen LogP contribution in [0.3, 0.4) is 0 Å². The maximum Gasteiger partial charge on any atom is 0.139 e. The molecular weight excluding hydrogens is 297 g/mol. The monoisotopic (exact) mass is 311 g/mol. The van der Waals surface area contributed by atoms with E-state index in [2.05, 4.69) is 25.9 Å². The van der Waals surface area contributed by atoms with E-state index in [0.717, 1.165) is 23.3 Å². The van der Waals surface area contributed by atoms with E-state index >= 15 is 0 Å². The van der Waals surface area contributed by atoms with E-state index in [1.165, 1.54) is 25.3 Å². The molecule has 96 valence electrons. The van der Waals surface area contributed by atoms with Crippen molar-refractivity contribution in [3.63, 3.8) is 0 Å². The fourth-order valence-electron chi connectivity index (χ4n) is 2.63. The minimum Gasteiger partial charge on any atom is -0.342 e. The third-order valence-corrected chi connectivity index (χ3v) is 4.57. The van der Waals surface area contributed by atoms with Crippen LogP contribution in [0.1, 0.15) is 25.1 Å². The Hall–Kier alpha value is -0.940. The molecule has 3 rings (SSSR count). The highest BCUT2D eigenvalue weighted by atomic mass is 79.9. The number of nitrogens with two attached hydrogens (primary N) is 1. The summed E-state index contributed by atoms with van der Waals surface area (Å²) in [6.07, 6.45) is 4.44. The number of rotatable bonds is 3. The molecule has 5 heteroatoms. The second kappa shape index (κ2) is 4.31. The second-order valence-electron chi connectivity index (χ2n) is 5.20. The topological polar surface area (TPSA) is 54.7 Å². The van der Waals surface area contributed by atoms with Gasteiger partial charge in [0, 0.05) is 12.5 Å². The number of hydrogen-bond acceptors (Lipinski definition) is 2. The smallest absolute Gasteiger partial charge is 0.139 e. The van der Waals surface area contributed by atoms with Crippen molar-refractivity contribution in [3.8, 4) is 0 Å². The number of aromatic amines is 1. The first-order valence-electron chi connectivity index (χ1n) is 6.16. The maximum atomic E-state index is 13.4. The van der Waals surface area contributed by atoms with E-state index in [-0.39, 0.29) is 11.2 Å². The van der Waals surface area contributed by atoms with Crippen molar-refractivity contribution in [2.24, 2.45) is 11.1 Å². The molecule has 3 N–H and O–H groups in total. The lowest BCUT2D eigenvalue weighted by Gasteiger charge is -2.40. The quantitative estimate of drug-likeness (QED) is 0.915.